The van der Waals surface area contributed by atoms with E-state index in [4.69, 9.17) is 5.73 Å². The average molecular weight is 592 g/mol. The number of hydrogen-bond acceptors (Lipinski definition) is 5. The van der Waals surface area contributed by atoms with Gasteiger partial charge in [0.1, 0.15) is 6.04 Å². The van der Waals surface area contributed by atoms with Gasteiger partial charge in [0.05, 0.1) is 16.2 Å². The molecule has 40 heavy (non-hydrogen) atoms. The number of rotatable bonds is 6. The number of carbonyl (C=O) groups is 2. The Balaban J connectivity index is 1.65. The predicted octanol–water partition coefficient (Wildman–Crippen LogP) is 4.17. The maximum atomic E-state index is 13.6. The SMILES string of the molecule is N[C@@H]1CC[C@H](N2CC[C@H](N(C(=O)C(F)(F)F)c3cccc(C(F)(F)F)c3)C2=O)[C@@H](CS(=O)(=O)c2ccccc2)C1. The van der Waals surface area contributed by atoms with E-state index in [1.807, 2.05) is 0 Å². The molecule has 0 unspecified atom stereocenters. The zero-order valence-electron chi connectivity index (χ0n) is 21.0. The Morgan fingerprint density at radius 1 is 0.975 bits per heavy atom. The van der Waals surface area contributed by atoms with Gasteiger partial charge in [-0.25, -0.2) is 8.42 Å². The fourth-order valence-corrected chi connectivity index (χ4v) is 7.23. The van der Waals surface area contributed by atoms with Crippen molar-refractivity contribution >= 4 is 27.3 Å². The molecule has 0 aromatic heterocycles. The summed E-state index contributed by atoms with van der Waals surface area (Å²) in [5.41, 5.74) is 4.10. The minimum atomic E-state index is -5.47. The largest absolute Gasteiger partial charge is 0.471 e. The van der Waals surface area contributed by atoms with Crippen LogP contribution < -0.4 is 10.6 Å². The summed E-state index contributed by atoms with van der Waals surface area (Å²) in [5.74, 6) is -4.36. The van der Waals surface area contributed by atoms with Crippen molar-refractivity contribution in [3.8, 4) is 0 Å². The third-order valence-electron chi connectivity index (χ3n) is 7.36. The molecule has 4 atom stereocenters. The summed E-state index contributed by atoms with van der Waals surface area (Å²) in [7, 11) is -3.80. The first kappa shape index (κ1) is 29.8. The molecule has 2 N–H and O–H groups in total. The molecule has 1 aliphatic carbocycles. The van der Waals surface area contributed by atoms with Crippen molar-refractivity contribution < 1.29 is 44.3 Å². The van der Waals surface area contributed by atoms with Crippen LogP contribution in [0.1, 0.15) is 31.2 Å². The fraction of sp³-hybridized carbons (Fsp3) is 0.462. The lowest BCUT2D eigenvalue weighted by atomic mass is 9.82. The molecule has 2 aliphatic rings. The zero-order valence-corrected chi connectivity index (χ0v) is 21.8. The maximum Gasteiger partial charge on any atom is 0.471 e. The lowest BCUT2D eigenvalue weighted by molar-refractivity contribution is -0.171. The highest BCUT2D eigenvalue weighted by atomic mass is 32.2. The number of carbonyl (C=O) groups excluding carboxylic acids is 2. The average Bonchev–Trinajstić information content (AvgIpc) is 3.24. The standard InChI is InChI=1S/C26H27F6N3O4S/c27-25(28,29)17-5-4-6-19(14-17)35(24(37)26(30,31)32)22-11-12-34(23(22)36)21-10-9-18(33)13-16(21)15-40(38,39)20-7-2-1-3-8-20/h1-8,14,16,18,21-22H,9-13,15,33H2/t16-,18-,21+,22+/m1/s1. The van der Waals surface area contributed by atoms with Crippen molar-refractivity contribution in [2.45, 2.75) is 61.1 Å². The third kappa shape index (κ3) is 6.27. The third-order valence-corrected chi connectivity index (χ3v) is 9.21. The van der Waals surface area contributed by atoms with E-state index in [9.17, 15) is 44.3 Å². The second kappa shape index (κ2) is 11.0. The van der Waals surface area contributed by atoms with Crippen LogP contribution in [0.4, 0.5) is 32.0 Å². The molecule has 1 saturated carbocycles. The van der Waals surface area contributed by atoms with Gasteiger partial charge in [0, 0.05) is 24.3 Å². The molecule has 1 saturated heterocycles. The molecule has 2 fully saturated rings. The van der Waals surface area contributed by atoms with E-state index < -0.39 is 63.3 Å². The van der Waals surface area contributed by atoms with Crippen LogP contribution >= 0.6 is 0 Å². The number of halogens is 6. The summed E-state index contributed by atoms with van der Waals surface area (Å²) in [6, 6.07) is 7.67. The van der Waals surface area contributed by atoms with Gasteiger partial charge in [-0.1, -0.05) is 24.3 Å². The van der Waals surface area contributed by atoms with Crippen molar-refractivity contribution in [2.24, 2.45) is 11.7 Å². The van der Waals surface area contributed by atoms with E-state index in [0.717, 1.165) is 12.1 Å². The number of benzene rings is 2. The number of hydrogen-bond donors (Lipinski definition) is 1. The van der Waals surface area contributed by atoms with Gasteiger partial charge in [-0.05, 0) is 61.9 Å². The van der Waals surface area contributed by atoms with Gasteiger partial charge in [0.25, 0.3) is 0 Å². The number of anilines is 1. The summed E-state index contributed by atoms with van der Waals surface area (Å²) >= 11 is 0. The Morgan fingerprint density at radius 3 is 2.27 bits per heavy atom. The summed E-state index contributed by atoms with van der Waals surface area (Å²) in [4.78, 5) is 27.4. The van der Waals surface area contributed by atoms with Crippen molar-refractivity contribution in [1.29, 1.82) is 0 Å². The van der Waals surface area contributed by atoms with Crippen molar-refractivity contribution in [3.63, 3.8) is 0 Å². The first-order chi connectivity index (χ1) is 18.6. The van der Waals surface area contributed by atoms with Crippen LogP contribution in [-0.4, -0.2) is 61.7 Å². The first-order valence-corrected chi connectivity index (χ1v) is 14.2. The van der Waals surface area contributed by atoms with Crippen molar-refractivity contribution in [2.75, 3.05) is 17.2 Å². The molecule has 0 radical (unpaired) electrons. The van der Waals surface area contributed by atoms with E-state index >= 15 is 0 Å². The topological polar surface area (TPSA) is 101 Å². The highest BCUT2D eigenvalue weighted by molar-refractivity contribution is 7.91. The summed E-state index contributed by atoms with van der Waals surface area (Å²) in [6.45, 7) is -0.105. The molecule has 0 spiro atoms. The molecule has 0 bridgehead atoms. The summed E-state index contributed by atoms with van der Waals surface area (Å²) in [6.07, 6.45) is -9.69. The Hall–Kier alpha value is -3.13. The fourth-order valence-electron chi connectivity index (χ4n) is 5.54. The van der Waals surface area contributed by atoms with E-state index in [0.29, 0.717) is 18.6 Å². The molecule has 1 heterocycles. The number of likely N-dealkylation sites (tertiary alicyclic amines) is 1. The highest BCUT2D eigenvalue weighted by Gasteiger charge is 2.51. The number of nitrogens with zero attached hydrogens (tertiary/aromatic N) is 2. The van der Waals surface area contributed by atoms with Gasteiger partial charge in [0.15, 0.2) is 9.84 Å². The molecule has 14 heteroatoms. The minimum Gasteiger partial charge on any atom is -0.338 e. The summed E-state index contributed by atoms with van der Waals surface area (Å²) in [5, 5.41) is 0. The quantitative estimate of drug-likeness (QED) is 0.509. The molecule has 2 aromatic carbocycles. The number of amides is 2. The second-order valence-corrected chi connectivity index (χ2v) is 12.1. The number of nitrogens with two attached hydrogens (primary N) is 1. The Morgan fingerprint density at radius 2 is 1.65 bits per heavy atom. The minimum absolute atomic E-state index is 0.0713. The maximum absolute atomic E-state index is 13.6. The molecular formula is C26H27F6N3O4S. The van der Waals surface area contributed by atoms with E-state index in [-0.39, 0.29) is 47.4 Å². The molecule has 218 valence electrons. The van der Waals surface area contributed by atoms with Gasteiger partial charge >= 0.3 is 18.3 Å². The monoisotopic (exact) mass is 591 g/mol. The van der Waals surface area contributed by atoms with Crippen LogP contribution in [0, 0.1) is 5.92 Å². The van der Waals surface area contributed by atoms with Gasteiger partial charge < -0.3 is 10.6 Å². The lowest BCUT2D eigenvalue weighted by Crippen LogP contribution is -2.54. The molecule has 1 aliphatic heterocycles. The van der Waals surface area contributed by atoms with E-state index in [1.54, 1.807) is 18.2 Å². The van der Waals surface area contributed by atoms with Crippen molar-refractivity contribution in [1.82, 2.24) is 4.90 Å². The smallest absolute Gasteiger partial charge is 0.338 e. The van der Waals surface area contributed by atoms with Gasteiger partial charge in [0.2, 0.25) is 5.91 Å². The predicted molar refractivity (Wildman–Crippen MR) is 133 cm³/mol. The van der Waals surface area contributed by atoms with Crippen LogP contribution in [0.5, 0.6) is 0 Å². The summed E-state index contributed by atoms with van der Waals surface area (Å²) < 4.78 is 107. The normalized spacial score (nSPS) is 24.3. The van der Waals surface area contributed by atoms with Gasteiger partial charge in [-0.15, -0.1) is 0 Å². The van der Waals surface area contributed by atoms with E-state index in [2.05, 4.69) is 0 Å². The molecule has 2 amide bonds. The van der Waals surface area contributed by atoms with Crippen LogP contribution in [0.25, 0.3) is 0 Å². The second-order valence-electron chi connectivity index (χ2n) is 10.1. The van der Waals surface area contributed by atoms with Gasteiger partial charge in [-0.3, -0.25) is 14.5 Å². The lowest BCUT2D eigenvalue weighted by Gasteiger charge is -2.40. The number of sulfone groups is 1. The Kier molecular flexibility index (Phi) is 8.23. The molecule has 7 nitrogen and oxygen atoms in total. The van der Waals surface area contributed by atoms with Crippen LogP contribution in [0.3, 0.4) is 0 Å². The van der Waals surface area contributed by atoms with Gasteiger partial charge in [-0.2, -0.15) is 26.3 Å². The highest BCUT2D eigenvalue weighted by Crippen LogP contribution is 2.38. The zero-order chi connectivity index (χ0) is 29.5. The first-order valence-electron chi connectivity index (χ1n) is 12.5. The Labute approximate surface area is 226 Å². The molecular weight excluding hydrogens is 564 g/mol. The van der Waals surface area contributed by atoms with Crippen LogP contribution in [0.2, 0.25) is 0 Å². The van der Waals surface area contributed by atoms with Crippen LogP contribution in [-0.2, 0) is 25.6 Å². The molecule has 2 aromatic rings. The van der Waals surface area contributed by atoms with E-state index in [1.165, 1.54) is 17.0 Å². The Bertz CT molecular complexity index is 1350. The number of alkyl halides is 6. The van der Waals surface area contributed by atoms with Crippen LogP contribution in [0.15, 0.2) is 59.5 Å². The molecule has 4 rings (SSSR count). The van der Waals surface area contributed by atoms with Crippen molar-refractivity contribution in [3.05, 3.63) is 60.2 Å².